The first kappa shape index (κ1) is 17.3. The number of rotatable bonds is 5. The van der Waals surface area contributed by atoms with Crippen LogP contribution in [-0.4, -0.2) is 15.7 Å². The number of ether oxygens (including phenoxy) is 1. The lowest BCUT2D eigenvalue weighted by Gasteiger charge is -2.18. The second kappa shape index (κ2) is 7.14. The van der Waals surface area contributed by atoms with Gasteiger partial charge in [0.25, 0.3) is 0 Å². The summed E-state index contributed by atoms with van der Waals surface area (Å²) in [7, 11) is 0. The average molecular weight is 334 g/mol. The first-order valence-electron chi connectivity index (χ1n) is 8.78. The zero-order chi connectivity index (χ0) is 18.0. The molecule has 3 aromatic rings. The first-order valence-corrected chi connectivity index (χ1v) is 8.78. The molecule has 0 aliphatic heterocycles. The molecule has 0 saturated carbocycles. The van der Waals surface area contributed by atoms with Gasteiger partial charge in [-0.05, 0) is 69.5 Å². The number of nitrogens with zero attached hydrogens (tertiary/aromatic N) is 2. The normalized spacial score (nSPS) is 11.1. The van der Waals surface area contributed by atoms with Crippen LogP contribution in [0.1, 0.15) is 41.7 Å². The summed E-state index contributed by atoms with van der Waals surface area (Å²) in [6.45, 7) is 10.7. The summed E-state index contributed by atoms with van der Waals surface area (Å²) in [5, 5.41) is 0. The van der Waals surface area contributed by atoms with Gasteiger partial charge >= 0.3 is 0 Å². The molecule has 1 heterocycles. The Morgan fingerprint density at radius 3 is 2.36 bits per heavy atom. The van der Waals surface area contributed by atoms with Gasteiger partial charge in [-0.15, -0.1) is 0 Å². The van der Waals surface area contributed by atoms with Crippen LogP contribution < -0.4 is 4.74 Å². The monoisotopic (exact) mass is 334 g/mol. The van der Waals surface area contributed by atoms with E-state index >= 15 is 0 Å². The van der Waals surface area contributed by atoms with Gasteiger partial charge in [0.1, 0.15) is 5.75 Å². The Labute approximate surface area is 150 Å². The van der Waals surface area contributed by atoms with Gasteiger partial charge in [0, 0.05) is 30.1 Å². The van der Waals surface area contributed by atoms with Crippen LogP contribution in [0.2, 0.25) is 0 Å². The maximum atomic E-state index is 6.07. The fourth-order valence-corrected chi connectivity index (χ4v) is 3.32. The predicted octanol–water partition coefficient (Wildman–Crippen LogP) is 5.18. The van der Waals surface area contributed by atoms with E-state index in [1.54, 1.807) is 6.20 Å². The van der Waals surface area contributed by atoms with Crippen molar-refractivity contribution in [3.63, 3.8) is 0 Å². The van der Waals surface area contributed by atoms with Crippen molar-refractivity contribution >= 4 is 0 Å². The van der Waals surface area contributed by atoms with Crippen molar-refractivity contribution in [3.05, 3.63) is 76.9 Å². The summed E-state index contributed by atoms with van der Waals surface area (Å²) < 4.78 is 8.09. The van der Waals surface area contributed by atoms with Crippen LogP contribution in [0.5, 0.6) is 5.75 Å². The van der Waals surface area contributed by atoms with E-state index in [9.17, 15) is 0 Å². The van der Waals surface area contributed by atoms with Crippen LogP contribution in [0.25, 0.3) is 5.69 Å². The predicted molar refractivity (Wildman–Crippen MR) is 103 cm³/mol. The van der Waals surface area contributed by atoms with E-state index in [4.69, 9.17) is 4.74 Å². The second-order valence-corrected chi connectivity index (χ2v) is 6.98. The standard InChI is InChI=1S/C22H26N2O/c1-15(2)25-22-7-6-20(24-9-8-23-14-24)12-19(22)13-21-17(4)10-16(3)11-18(21)5/h6-12,14-15H,13H2,1-5H3. The Hall–Kier alpha value is -2.55. The molecule has 130 valence electrons. The van der Waals surface area contributed by atoms with E-state index in [2.05, 4.69) is 69.9 Å². The summed E-state index contributed by atoms with van der Waals surface area (Å²) in [5.41, 5.74) is 7.66. The molecule has 1 aromatic heterocycles. The molecule has 0 unspecified atom stereocenters. The van der Waals surface area contributed by atoms with E-state index in [1.807, 2.05) is 17.1 Å². The molecular formula is C22H26N2O. The molecule has 3 nitrogen and oxygen atoms in total. The van der Waals surface area contributed by atoms with E-state index in [0.29, 0.717) is 0 Å². The molecule has 2 aromatic carbocycles. The lowest BCUT2D eigenvalue weighted by Crippen LogP contribution is -2.09. The first-order chi connectivity index (χ1) is 11.9. The molecule has 0 spiro atoms. The zero-order valence-corrected chi connectivity index (χ0v) is 15.7. The third-order valence-corrected chi connectivity index (χ3v) is 4.42. The smallest absolute Gasteiger partial charge is 0.123 e. The van der Waals surface area contributed by atoms with Crippen molar-refractivity contribution in [2.75, 3.05) is 0 Å². The highest BCUT2D eigenvalue weighted by Gasteiger charge is 2.12. The highest BCUT2D eigenvalue weighted by molar-refractivity contribution is 5.49. The molecule has 0 aliphatic rings. The van der Waals surface area contributed by atoms with Crippen molar-refractivity contribution in [1.82, 2.24) is 9.55 Å². The number of imidazole rings is 1. The van der Waals surface area contributed by atoms with Crippen molar-refractivity contribution in [3.8, 4) is 11.4 Å². The molecule has 0 fully saturated rings. The molecule has 0 radical (unpaired) electrons. The van der Waals surface area contributed by atoms with E-state index in [0.717, 1.165) is 17.9 Å². The van der Waals surface area contributed by atoms with Crippen LogP contribution in [-0.2, 0) is 6.42 Å². The van der Waals surface area contributed by atoms with Gasteiger partial charge in [-0.1, -0.05) is 17.7 Å². The third-order valence-electron chi connectivity index (χ3n) is 4.42. The molecule has 25 heavy (non-hydrogen) atoms. The van der Waals surface area contributed by atoms with Crippen molar-refractivity contribution in [1.29, 1.82) is 0 Å². The highest BCUT2D eigenvalue weighted by Crippen LogP contribution is 2.28. The molecule has 0 aliphatic carbocycles. The van der Waals surface area contributed by atoms with E-state index in [1.165, 1.54) is 27.8 Å². The Morgan fingerprint density at radius 2 is 1.76 bits per heavy atom. The van der Waals surface area contributed by atoms with Crippen LogP contribution in [0.15, 0.2) is 49.1 Å². The number of hydrogen-bond acceptors (Lipinski definition) is 2. The highest BCUT2D eigenvalue weighted by atomic mass is 16.5. The van der Waals surface area contributed by atoms with Crippen molar-refractivity contribution in [2.24, 2.45) is 0 Å². The van der Waals surface area contributed by atoms with Crippen LogP contribution in [0, 0.1) is 20.8 Å². The Bertz CT molecular complexity index is 841. The Kier molecular flexibility index (Phi) is 4.93. The molecular weight excluding hydrogens is 308 g/mol. The maximum absolute atomic E-state index is 6.07. The summed E-state index contributed by atoms with van der Waals surface area (Å²) in [6, 6.07) is 10.9. The number of benzene rings is 2. The summed E-state index contributed by atoms with van der Waals surface area (Å²) in [6.07, 6.45) is 6.60. The van der Waals surface area contributed by atoms with Crippen LogP contribution in [0.3, 0.4) is 0 Å². The Balaban J connectivity index is 2.04. The van der Waals surface area contributed by atoms with Gasteiger partial charge in [-0.3, -0.25) is 0 Å². The van der Waals surface area contributed by atoms with Crippen molar-refractivity contribution < 1.29 is 4.74 Å². The molecule has 0 saturated heterocycles. The zero-order valence-electron chi connectivity index (χ0n) is 15.7. The van der Waals surface area contributed by atoms with Crippen LogP contribution >= 0.6 is 0 Å². The van der Waals surface area contributed by atoms with Gasteiger partial charge < -0.3 is 9.30 Å². The van der Waals surface area contributed by atoms with Crippen molar-refractivity contribution in [2.45, 2.75) is 47.1 Å². The fraction of sp³-hybridized carbons (Fsp3) is 0.318. The van der Waals surface area contributed by atoms with Crippen LogP contribution in [0.4, 0.5) is 0 Å². The second-order valence-electron chi connectivity index (χ2n) is 6.98. The number of aromatic nitrogens is 2. The lowest BCUT2D eigenvalue weighted by molar-refractivity contribution is 0.240. The fourth-order valence-electron chi connectivity index (χ4n) is 3.32. The maximum Gasteiger partial charge on any atom is 0.123 e. The van der Waals surface area contributed by atoms with E-state index in [-0.39, 0.29) is 6.10 Å². The SMILES string of the molecule is Cc1cc(C)c(Cc2cc(-n3ccnc3)ccc2OC(C)C)c(C)c1. The van der Waals surface area contributed by atoms with Gasteiger partial charge in [0.2, 0.25) is 0 Å². The Morgan fingerprint density at radius 1 is 1.04 bits per heavy atom. The molecule has 3 heteroatoms. The molecule has 0 atom stereocenters. The largest absolute Gasteiger partial charge is 0.491 e. The lowest BCUT2D eigenvalue weighted by atomic mass is 9.93. The minimum absolute atomic E-state index is 0.151. The molecule has 0 N–H and O–H groups in total. The number of hydrogen-bond donors (Lipinski definition) is 0. The molecule has 3 rings (SSSR count). The minimum Gasteiger partial charge on any atom is -0.491 e. The topological polar surface area (TPSA) is 27.1 Å². The van der Waals surface area contributed by atoms with Gasteiger partial charge in [-0.2, -0.15) is 0 Å². The van der Waals surface area contributed by atoms with Gasteiger partial charge in [0.15, 0.2) is 0 Å². The van der Waals surface area contributed by atoms with E-state index < -0.39 is 0 Å². The third kappa shape index (κ3) is 3.93. The average Bonchev–Trinajstić information content (AvgIpc) is 3.06. The summed E-state index contributed by atoms with van der Waals surface area (Å²) >= 11 is 0. The minimum atomic E-state index is 0.151. The summed E-state index contributed by atoms with van der Waals surface area (Å²) in [5.74, 6) is 0.957. The van der Waals surface area contributed by atoms with Gasteiger partial charge in [-0.25, -0.2) is 4.98 Å². The molecule has 0 bridgehead atoms. The summed E-state index contributed by atoms with van der Waals surface area (Å²) in [4.78, 5) is 4.15. The quantitative estimate of drug-likeness (QED) is 0.643. The molecule has 0 amide bonds. The van der Waals surface area contributed by atoms with Gasteiger partial charge in [0.05, 0.1) is 12.4 Å². The number of aryl methyl sites for hydroxylation is 3.